The van der Waals surface area contributed by atoms with Gasteiger partial charge in [0.1, 0.15) is 0 Å². The van der Waals surface area contributed by atoms with Crippen molar-refractivity contribution in [3.05, 3.63) is 12.4 Å². The van der Waals surface area contributed by atoms with E-state index in [9.17, 15) is 4.79 Å². The molecule has 0 rings (SSSR count). The van der Waals surface area contributed by atoms with Crippen LogP contribution in [-0.4, -0.2) is 44.2 Å². The fourth-order valence-electron chi connectivity index (χ4n) is 1.68. The van der Waals surface area contributed by atoms with E-state index in [0.29, 0.717) is 6.54 Å². The van der Waals surface area contributed by atoms with E-state index >= 15 is 0 Å². The average molecular weight is 270 g/mol. The standard InChI is InChI=1S/C14H30N4O/c1-4-6-11-18(12-7-5-2)13-10-17-14(19)16-9-8-15-3/h8-9,15H,4-7,10-13H2,1-3H3,(H2,16,17,19)/b9-8-. The molecule has 0 saturated heterocycles. The highest BCUT2D eigenvalue weighted by atomic mass is 16.2. The Labute approximate surface area is 117 Å². The second kappa shape index (κ2) is 13.2. The molecule has 0 bridgehead atoms. The van der Waals surface area contributed by atoms with Crippen molar-refractivity contribution < 1.29 is 4.79 Å². The number of carbonyl (C=O) groups excluding carboxylic acids is 1. The quantitative estimate of drug-likeness (QED) is 0.537. The molecule has 3 N–H and O–H groups in total. The minimum Gasteiger partial charge on any atom is -0.393 e. The van der Waals surface area contributed by atoms with Crippen LogP contribution in [0.2, 0.25) is 0 Å². The Bertz CT molecular complexity index is 236. The van der Waals surface area contributed by atoms with E-state index in [2.05, 4.69) is 34.7 Å². The Kier molecular flexibility index (Phi) is 12.4. The maximum absolute atomic E-state index is 11.4. The molecule has 0 aromatic heterocycles. The molecule has 0 fully saturated rings. The van der Waals surface area contributed by atoms with Crippen LogP contribution in [0.15, 0.2) is 12.4 Å². The first-order valence-electron chi connectivity index (χ1n) is 7.33. The van der Waals surface area contributed by atoms with E-state index in [-0.39, 0.29) is 6.03 Å². The number of nitrogens with one attached hydrogen (secondary N) is 3. The Morgan fingerprint density at radius 1 is 1.05 bits per heavy atom. The van der Waals surface area contributed by atoms with Gasteiger partial charge in [-0.2, -0.15) is 0 Å². The highest BCUT2D eigenvalue weighted by Gasteiger charge is 2.04. The van der Waals surface area contributed by atoms with Crippen molar-refractivity contribution in [3.63, 3.8) is 0 Å². The van der Waals surface area contributed by atoms with Crippen LogP contribution in [-0.2, 0) is 0 Å². The van der Waals surface area contributed by atoms with Gasteiger partial charge in [-0.25, -0.2) is 4.79 Å². The Morgan fingerprint density at radius 2 is 1.68 bits per heavy atom. The zero-order chi connectivity index (χ0) is 14.3. The Hall–Kier alpha value is -1.23. The van der Waals surface area contributed by atoms with Gasteiger partial charge in [-0.15, -0.1) is 0 Å². The van der Waals surface area contributed by atoms with Gasteiger partial charge in [-0.3, -0.25) is 0 Å². The maximum atomic E-state index is 11.4. The van der Waals surface area contributed by atoms with Crippen molar-refractivity contribution in [2.24, 2.45) is 0 Å². The second-order valence-corrected chi connectivity index (χ2v) is 4.57. The third kappa shape index (κ3) is 11.6. The maximum Gasteiger partial charge on any atom is 0.318 e. The summed E-state index contributed by atoms with van der Waals surface area (Å²) in [5.74, 6) is 0. The molecule has 0 saturated carbocycles. The van der Waals surface area contributed by atoms with Gasteiger partial charge in [0.25, 0.3) is 0 Å². The van der Waals surface area contributed by atoms with Gasteiger partial charge in [-0.1, -0.05) is 26.7 Å². The predicted molar refractivity (Wildman–Crippen MR) is 81.0 cm³/mol. The Balaban J connectivity index is 3.76. The molecule has 112 valence electrons. The highest BCUT2D eigenvalue weighted by molar-refractivity contribution is 5.74. The van der Waals surface area contributed by atoms with Crippen LogP contribution < -0.4 is 16.0 Å². The van der Waals surface area contributed by atoms with Crippen molar-refractivity contribution in [2.75, 3.05) is 33.2 Å². The van der Waals surface area contributed by atoms with Crippen molar-refractivity contribution in [1.82, 2.24) is 20.9 Å². The number of nitrogens with zero attached hydrogens (tertiary/aromatic N) is 1. The predicted octanol–water partition coefficient (Wildman–Crippen LogP) is 1.88. The summed E-state index contributed by atoms with van der Waals surface area (Å²) in [7, 11) is 1.79. The van der Waals surface area contributed by atoms with Crippen LogP contribution >= 0.6 is 0 Å². The third-order valence-electron chi connectivity index (χ3n) is 2.83. The van der Waals surface area contributed by atoms with Crippen molar-refractivity contribution in [3.8, 4) is 0 Å². The van der Waals surface area contributed by atoms with Gasteiger partial charge >= 0.3 is 6.03 Å². The minimum absolute atomic E-state index is 0.155. The molecular formula is C14H30N4O. The summed E-state index contributed by atoms with van der Waals surface area (Å²) in [6, 6.07) is -0.155. The van der Waals surface area contributed by atoms with Crippen molar-refractivity contribution in [2.45, 2.75) is 39.5 Å². The molecule has 0 radical (unpaired) electrons. The molecular weight excluding hydrogens is 240 g/mol. The van der Waals surface area contributed by atoms with E-state index in [0.717, 1.165) is 19.6 Å². The minimum atomic E-state index is -0.155. The van der Waals surface area contributed by atoms with Gasteiger partial charge in [-0.05, 0) is 25.9 Å². The Morgan fingerprint density at radius 3 is 2.21 bits per heavy atom. The summed E-state index contributed by atoms with van der Waals surface area (Å²) in [5.41, 5.74) is 0. The lowest BCUT2D eigenvalue weighted by atomic mass is 10.2. The fraction of sp³-hybridized carbons (Fsp3) is 0.786. The summed E-state index contributed by atoms with van der Waals surface area (Å²) in [6.07, 6.45) is 8.13. The molecule has 0 aliphatic heterocycles. The van der Waals surface area contributed by atoms with E-state index in [4.69, 9.17) is 0 Å². The summed E-state index contributed by atoms with van der Waals surface area (Å²) < 4.78 is 0. The number of carbonyl (C=O) groups is 1. The van der Waals surface area contributed by atoms with Crippen LogP contribution in [0, 0.1) is 0 Å². The SMILES string of the molecule is CCCCN(CCCC)CCNC(=O)N/C=C\NC. The zero-order valence-corrected chi connectivity index (χ0v) is 12.7. The van der Waals surface area contributed by atoms with Crippen LogP contribution in [0.5, 0.6) is 0 Å². The van der Waals surface area contributed by atoms with Gasteiger partial charge < -0.3 is 20.9 Å². The molecule has 5 heteroatoms. The fourth-order valence-corrected chi connectivity index (χ4v) is 1.68. The molecule has 0 aromatic carbocycles. The topological polar surface area (TPSA) is 56.4 Å². The molecule has 0 spiro atoms. The van der Waals surface area contributed by atoms with Gasteiger partial charge in [0.15, 0.2) is 0 Å². The van der Waals surface area contributed by atoms with Crippen LogP contribution in [0.25, 0.3) is 0 Å². The van der Waals surface area contributed by atoms with E-state index < -0.39 is 0 Å². The number of hydrogen-bond donors (Lipinski definition) is 3. The molecule has 0 unspecified atom stereocenters. The summed E-state index contributed by atoms with van der Waals surface area (Å²) in [6.45, 7) is 8.27. The van der Waals surface area contributed by atoms with E-state index in [1.54, 1.807) is 19.4 Å². The molecule has 0 heterocycles. The molecule has 0 aliphatic rings. The largest absolute Gasteiger partial charge is 0.393 e. The first kappa shape index (κ1) is 17.8. The summed E-state index contributed by atoms with van der Waals surface area (Å²) in [4.78, 5) is 13.8. The lowest BCUT2D eigenvalue weighted by molar-refractivity contribution is 0.236. The first-order chi connectivity index (χ1) is 9.24. The van der Waals surface area contributed by atoms with Gasteiger partial charge in [0, 0.05) is 32.5 Å². The van der Waals surface area contributed by atoms with Crippen molar-refractivity contribution >= 4 is 6.03 Å². The number of rotatable bonds is 11. The lowest BCUT2D eigenvalue weighted by Gasteiger charge is -2.21. The summed E-state index contributed by atoms with van der Waals surface area (Å²) in [5, 5.41) is 8.30. The molecule has 0 aliphatic carbocycles. The number of amides is 2. The van der Waals surface area contributed by atoms with Gasteiger partial charge in [0.2, 0.25) is 0 Å². The lowest BCUT2D eigenvalue weighted by Crippen LogP contribution is -2.39. The summed E-state index contributed by atoms with van der Waals surface area (Å²) >= 11 is 0. The molecule has 2 amide bonds. The smallest absolute Gasteiger partial charge is 0.318 e. The molecule has 0 aromatic rings. The molecule has 19 heavy (non-hydrogen) atoms. The third-order valence-corrected chi connectivity index (χ3v) is 2.83. The first-order valence-corrected chi connectivity index (χ1v) is 7.33. The highest BCUT2D eigenvalue weighted by Crippen LogP contribution is 1.98. The molecule has 5 nitrogen and oxygen atoms in total. The number of unbranched alkanes of at least 4 members (excludes halogenated alkanes) is 2. The van der Waals surface area contributed by atoms with Crippen LogP contribution in [0.4, 0.5) is 4.79 Å². The van der Waals surface area contributed by atoms with Gasteiger partial charge in [0.05, 0.1) is 0 Å². The second-order valence-electron chi connectivity index (χ2n) is 4.57. The zero-order valence-electron chi connectivity index (χ0n) is 12.7. The van der Waals surface area contributed by atoms with E-state index in [1.807, 2.05) is 0 Å². The number of hydrogen-bond acceptors (Lipinski definition) is 3. The van der Waals surface area contributed by atoms with Crippen molar-refractivity contribution in [1.29, 1.82) is 0 Å². The number of urea groups is 1. The van der Waals surface area contributed by atoms with E-state index in [1.165, 1.54) is 25.7 Å². The van der Waals surface area contributed by atoms with Crippen LogP contribution in [0.1, 0.15) is 39.5 Å². The van der Waals surface area contributed by atoms with Crippen LogP contribution in [0.3, 0.4) is 0 Å². The normalized spacial score (nSPS) is 10.9. The molecule has 0 atom stereocenters. The monoisotopic (exact) mass is 270 g/mol. The average Bonchev–Trinajstić information content (AvgIpc) is 2.41.